The fraction of sp³-hybridized carbons (Fsp3) is 0.242. The van der Waals surface area contributed by atoms with E-state index in [0.29, 0.717) is 50.6 Å². The van der Waals surface area contributed by atoms with Crippen LogP contribution in [-0.2, 0) is 22.6 Å². The molecule has 43 heavy (non-hydrogen) atoms. The first-order chi connectivity index (χ1) is 20.6. The molecule has 0 saturated carbocycles. The number of carboxylic acid groups (broad SMARTS) is 1. The van der Waals surface area contributed by atoms with Crippen molar-refractivity contribution >= 4 is 69.4 Å². The number of carboxylic acids is 1. The number of benzene rings is 3. The molecule has 0 bridgehead atoms. The number of halogens is 3. The minimum absolute atomic E-state index is 0.172. The van der Waals surface area contributed by atoms with Crippen LogP contribution in [0.2, 0.25) is 15.1 Å². The highest BCUT2D eigenvalue weighted by molar-refractivity contribution is 7.07. The number of nitrogens with zero attached hydrogens (tertiary/aromatic N) is 2. The molecule has 0 spiro atoms. The zero-order valence-electron chi connectivity index (χ0n) is 23.4. The van der Waals surface area contributed by atoms with E-state index in [1.54, 1.807) is 24.3 Å². The number of aliphatic carboxylic acids is 1. The van der Waals surface area contributed by atoms with E-state index in [1.165, 1.54) is 11.3 Å². The second-order valence-corrected chi connectivity index (χ2v) is 12.8. The number of amides is 1. The summed E-state index contributed by atoms with van der Waals surface area (Å²) in [5.41, 5.74) is 3.25. The molecule has 2 heterocycles. The summed E-state index contributed by atoms with van der Waals surface area (Å²) < 4.78 is 0. The Bertz CT molecular complexity index is 1650. The zero-order valence-corrected chi connectivity index (χ0v) is 26.5. The monoisotopic (exact) mass is 653 g/mol. The third-order valence-corrected chi connectivity index (χ3v) is 9.45. The lowest BCUT2D eigenvalue weighted by atomic mass is 9.95. The SMILES string of the molecule is C[C@@]1(C(=O)Nc2ccc(Cl)cc2C(=N[C@H](Cc2ccsc2)C(=O)O)c2ccccc2)CCCN1Cc1ccc(Cl)c(Cl)c1. The molecule has 0 radical (unpaired) electrons. The third-order valence-electron chi connectivity index (χ3n) is 7.75. The van der Waals surface area contributed by atoms with Gasteiger partial charge < -0.3 is 10.4 Å². The summed E-state index contributed by atoms with van der Waals surface area (Å²) >= 11 is 20.4. The van der Waals surface area contributed by atoms with Crippen LogP contribution in [0, 0.1) is 0 Å². The Kier molecular flexibility index (Phi) is 9.89. The second-order valence-electron chi connectivity index (χ2n) is 10.7. The topological polar surface area (TPSA) is 82.0 Å². The van der Waals surface area contributed by atoms with Gasteiger partial charge in [0.15, 0.2) is 6.04 Å². The Balaban J connectivity index is 1.50. The maximum absolute atomic E-state index is 14.0. The predicted molar refractivity (Wildman–Crippen MR) is 176 cm³/mol. The summed E-state index contributed by atoms with van der Waals surface area (Å²) in [5, 5.41) is 18.5. The Morgan fingerprint density at radius 3 is 2.51 bits per heavy atom. The Morgan fingerprint density at radius 2 is 1.81 bits per heavy atom. The average Bonchev–Trinajstić information content (AvgIpc) is 3.64. The van der Waals surface area contributed by atoms with Gasteiger partial charge in [-0.3, -0.25) is 14.7 Å². The lowest BCUT2D eigenvalue weighted by Crippen LogP contribution is -2.50. The van der Waals surface area contributed by atoms with Crippen molar-refractivity contribution in [3.8, 4) is 0 Å². The molecule has 1 fully saturated rings. The minimum Gasteiger partial charge on any atom is -0.480 e. The van der Waals surface area contributed by atoms with E-state index >= 15 is 0 Å². The van der Waals surface area contributed by atoms with E-state index in [2.05, 4.69) is 10.2 Å². The van der Waals surface area contributed by atoms with Crippen LogP contribution in [0.15, 0.2) is 88.5 Å². The van der Waals surface area contributed by atoms with Gasteiger partial charge >= 0.3 is 5.97 Å². The van der Waals surface area contributed by atoms with Crippen LogP contribution in [0.5, 0.6) is 0 Å². The van der Waals surface area contributed by atoms with Gasteiger partial charge in [0.1, 0.15) is 0 Å². The summed E-state index contributed by atoms with van der Waals surface area (Å²) in [6.07, 6.45) is 1.77. The van der Waals surface area contributed by atoms with Crippen molar-refractivity contribution in [2.24, 2.45) is 4.99 Å². The normalized spacial score (nSPS) is 18.0. The number of anilines is 1. The first kappa shape index (κ1) is 31.2. The summed E-state index contributed by atoms with van der Waals surface area (Å²) in [4.78, 5) is 33.3. The van der Waals surface area contributed by atoms with E-state index in [9.17, 15) is 14.7 Å². The minimum atomic E-state index is -1.04. The molecule has 5 rings (SSSR count). The van der Waals surface area contributed by atoms with Crippen molar-refractivity contribution in [2.45, 2.75) is 44.3 Å². The van der Waals surface area contributed by atoms with Gasteiger partial charge in [-0.1, -0.05) is 71.2 Å². The smallest absolute Gasteiger partial charge is 0.328 e. The number of aliphatic imine (C=N–C) groups is 1. The van der Waals surface area contributed by atoms with Crippen LogP contribution in [0.25, 0.3) is 0 Å². The zero-order chi connectivity index (χ0) is 30.6. The van der Waals surface area contributed by atoms with Crippen LogP contribution < -0.4 is 5.32 Å². The summed E-state index contributed by atoms with van der Waals surface area (Å²) in [5.74, 6) is -1.21. The Labute approximate surface area is 269 Å². The molecule has 1 aliphatic rings. The highest BCUT2D eigenvalue weighted by atomic mass is 35.5. The van der Waals surface area contributed by atoms with Crippen LogP contribution in [0.1, 0.15) is 42.0 Å². The van der Waals surface area contributed by atoms with E-state index in [0.717, 1.165) is 24.1 Å². The largest absolute Gasteiger partial charge is 0.480 e. The maximum Gasteiger partial charge on any atom is 0.328 e. The van der Waals surface area contributed by atoms with Gasteiger partial charge in [-0.25, -0.2) is 4.79 Å². The lowest BCUT2D eigenvalue weighted by Gasteiger charge is -2.34. The molecule has 2 atom stereocenters. The highest BCUT2D eigenvalue weighted by Gasteiger charge is 2.43. The van der Waals surface area contributed by atoms with Crippen molar-refractivity contribution in [2.75, 3.05) is 11.9 Å². The number of nitrogens with one attached hydrogen (secondary N) is 1. The summed E-state index contributed by atoms with van der Waals surface area (Å²) in [7, 11) is 0. The molecule has 2 N–H and O–H groups in total. The number of thiophene rings is 1. The fourth-order valence-electron chi connectivity index (χ4n) is 5.34. The summed E-state index contributed by atoms with van der Waals surface area (Å²) in [6.45, 7) is 3.22. The van der Waals surface area contributed by atoms with E-state index in [-0.39, 0.29) is 12.3 Å². The molecular formula is C33H30Cl3N3O3S. The van der Waals surface area contributed by atoms with Crippen LogP contribution >= 0.6 is 46.1 Å². The van der Waals surface area contributed by atoms with Crippen molar-refractivity contribution in [1.29, 1.82) is 0 Å². The highest BCUT2D eigenvalue weighted by Crippen LogP contribution is 2.34. The molecule has 1 aromatic heterocycles. The van der Waals surface area contributed by atoms with Gasteiger partial charge in [-0.2, -0.15) is 11.3 Å². The van der Waals surface area contributed by atoms with Gasteiger partial charge in [0.2, 0.25) is 5.91 Å². The first-order valence-electron chi connectivity index (χ1n) is 13.8. The Hall–Kier alpha value is -3.20. The number of likely N-dealkylation sites (tertiary alicyclic amines) is 1. The van der Waals surface area contributed by atoms with Crippen molar-refractivity contribution in [3.05, 3.63) is 121 Å². The third kappa shape index (κ3) is 7.31. The molecule has 1 aliphatic heterocycles. The van der Waals surface area contributed by atoms with Crippen LogP contribution in [0.4, 0.5) is 5.69 Å². The van der Waals surface area contributed by atoms with Gasteiger partial charge in [0.25, 0.3) is 0 Å². The van der Waals surface area contributed by atoms with Crippen molar-refractivity contribution in [1.82, 2.24) is 4.90 Å². The van der Waals surface area contributed by atoms with Gasteiger partial charge in [-0.15, -0.1) is 0 Å². The molecule has 1 amide bonds. The second kappa shape index (κ2) is 13.6. The van der Waals surface area contributed by atoms with Crippen molar-refractivity contribution < 1.29 is 14.7 Å². The van der Waals surface area contributed by atoms with Crippen LogP contribution in [-0.4, -0.2) is 45.7 Å². The van der Waals surface area contributed by atoms with Crippen LogP contribution in [0.3, 0.4) is 0 Å². The molecule has 0 unspecified atom stereocenters. The molecule has 222 valence electrons. The van der Waals surface area contributed by atoms with E-state index < -0.39 is 17.6 Å². The van der Waals surface area contributed by atoms with E-state index in [1.807, 2.05) is 66.2 Å². The lowest BCUT2D eigenvalue weighted by molar-refractivity contribution is -0.138. The van der Waals surface area contributed by atoms with Gasteiger partial charge in [0.05, 0.1) is 27.0 Å². The molecule has 0 aliphatic carbocycles. The number of carbonyl (C=O) groups is 2. The summed E-state index contributed by atoms with van der Waals surface area (Å²) in [6, 6.07) is 20.9. The Morgan fingerprint density at radius 1 is 1.02 bits per heavy atom. The molecule has 1 saturated heterocycles. The molecule has 10 heteroatoms. The van der Waals surface area contributed by atoms with Gasteiger partial charge in [0, 0.05) is 29.1 Å². The van der Waals surface area contributed by atoms with Gasteiger partial charge in [-0.05, 0) is 84.6 Å². The molecular weight excluding hydrogens is 625 g/mol. The van der Waals surface area contributed by atoms with E-state index in [4.69, 9.17) is 39.8 Å². The number of hydrogen-bond acceptors (Lipinski definition) is 5. The van der Waals surface area contributed by atoms with Crippen molar-refractivity contribution in [3.63, 3.8) is 0 Å². The fourth-order valence-corrected chi connectivity index (χ4v) is 6.51. The average molecular weight is 655 g/mol. The molecule has 4 aromatic rings. The molecule has 6 nitrogen and oxygen atoms in total. The maximum atomic E-state index is 14.0. The standard InChI is InChI=1S/C33H30Cl3N3O3S/c1-33(13-5-14-39(33)19-21-8-10-26(35)27(36)16-21)32(42)38-28-11-9-24(34)18-25(28)30(23-6-3-2-4-7-23)37-29(31(40)41)17-22-12-15-43-20-22/h2-4,6-12,15-16,18,20,29H,5,13-14,17,19H2,1H3,(H,38,42)(H,40,41)/t29-,33+/m1/s1. The number of hydrogen-bond donors (Lipinski definition) is 2. The predicted octanol–water partition coefficient (Wildman–Crippen LogP) is 8.23. The quantitative estimate of drug-likeness (QED) is 0.169. The number of carbonyl (C=O) groups excluding carboxylic acids is 1. The first-order valence-corrected chi connectivity index (χ1v) is 15.9. The molecule has 3 aromatic carbocycles. The number of rotatable bonds is 10.